The second kappa shape index (κ2) is 5.20. The van der Waals surface area contributed by atoms with E-state index in [-0.39, 0.29) is 5.91 Å². The molecule has 4 heterocycles. The van der Waals surface area contributed by atoms with Crippen LogP contribution in [0.5, 0.6) is 0 Å². The first-order chi connectivity index (χ1) is 10.7. The summed E-state index contributed by atoms with van der Waals surface area (Å²) in [6.07, 6.45) is 7.20. The van der Waals surface area contributed by atoms with E-state index in [4.69, 9.17) is 0 Å². The summed E-state index contributed by atoms with van der Waals surface area (Å²) in [7, 11) is 1.91. The summed E-state index contributed by atoms with van der Waals surface area (Å²) >= 11 is 0. The summed E-state index contributed by atoms with van der Waals surface area (Å²) in [5.41, 5.74) is 2.04. The van der Waals surface area contributed by atoms with Gasteiger partial charge in [-0.2, -0.15) is 5.10 Å². The van der Waals surface area contributed by atoms with Crippen LogP contribution in [0.3, 0.4) is 0 Å². The van der Waals surface area contributed by atoms with Crippen LogP contribution in [0, 0.1) is 0 Å². The normalized spacial score (nSPS) is 19.9. The molecule has 2 aliphatic rings. The minimum atomic E-state index is 0.207. The Balaban J connectivity index is 1.36. The van der Waals surface area contributed by atoms with Crippen molar-refractivity contribution in [3.63, 3.8) is 0 Å². The molecular weight excluding hydrogens is 282 g/mol. The van der Waals surface area contributed by atoms with Gasteiger partial charge < -0.3 is 4.90 Å². The SMILES string of the molecule is Cn1nncc1CN1CC(n2cc(N3CCCC3=O)cn2)C1. The molecule has 0 unspecified atom stereocenters. The number of aryl methyl sites for hydroxylation is 1. The van der Waals surface area contributed by atoms with E-state index in [0.29, 0.717) is 12.5 Å². The summed E-state index contributed by atoms with van der Waals surface area (Å²) in [4.78, 5) is 15.9. The fourth-order valence-corrected chi connectivity index (χ4v) is 3.11. The molecule has 0 aliphatic carbocycles. The van der Waals surface area contributed by atoms with Crippen LogP contribution < -0.4 is 4.90 Å². The number of nitrogens with zero attached hydrogens (tertiary/aromatic N) is 7. The van der Waals surface area contributed by atoms with Crippen LogP contribution in [0.15, 0.2) is 18.6 Å². The molecule has 2 fully saturated rings. The van der Waals surface area contributed by atoms with E-state index in [0.717, 1.165) is 44.0 Å². The molecule has 0 radical (unpaired) electrons. The first kappa shape index (κ1) is 13.4. The van der Waals surface area contributed by atoms with Gasteiger partial charge in [-0.3, -0.25) is 19.1 Å². The molecule has 4 rings (SSSR count). The Morgan fingerprint density at radius 3 is 2.86 bits per heavy atom. The predicted molar refractivity (Wildman–Crippen MR) is 79.1 cm³/mol. The van der Waals surface area contributed by atoms with Gasteiger partial charge in [0.2, 0.25) is 5.91 Å². The van der Waals surface area contributed by atoms with Gasteiger partial charge in [0.15, 0.2) is 0 Å². The molecule has 0 spiro atoms. The summed E-state index contributed by atoms with van der Waals surface area (Å²) < 4.78 is 3.79. The molecule has 0 atom stereocenters. The number of anilines is 1. The topological polar surface area (TPSA) is 72.1 Å². The highest BCUT2D eigenvalue weighted by Gasteiger charge is 2.30. The Morgan fingerprint density at radius 1 is 1.32 bits per heavy atom. The lowest BCUT2D eigenvalue weighted by Crippen LogP contribution is -2.47. The highest BCUT2D eigenvalue weighted by molar-refractivity contribution is 5.95. The zero-order valence-corrected chi connectivity index (χ0v) is 12.6. The van der Waals surface area contributed by atoms with Crippen LogP contribution in [0.25, 0.3) is 0 Å². The summed E-state index contributed by atoms with van der Waals surface area (Å²) in [5.74, 6) is 0.207. The molecule has 0 saturated carbocycles. The maximum absolute atomic E-state index is 11.8. The highest BCUT2D eigenvalue weighted by atomic mass is 16.2. The minimum Gasteiger partial charge on any atom is -0.309 e. The smallest absolute Gasteiger partial charge is 0.227 e. The molecule has 116 valence electrons. The van der Waals surface area contributed by atoms with Gasteiger partial charge in [0.25, 0.3) is 0 Å². The standard InChI is InChI=1S/C14H19N7O/c1-18-11(5-15-17-18)7-19-8-13(9-19)21-10-12(6-16-21)20-4-2-3-14(20)22/h5-6,10,13H,2-4,7-9H2,1H3. The number of aromatic nitrogens is 5. The van der Waals surface area contributed by atoms with Gasteiger partial charge in [-0.15, -0.1) is 5.10 Å². The van der Waals surface area contributed by atoms with E-state index in [1.807, 2.05) is 22.8 Å². The molecular formula is C14H19N7O. The third-order valence-corrected chi connectivity index (χ3v) is 4.48. The van der Waals surface area contributed by atoms with Crippen LogP contribution >= 0.6 is 0 Å². The van der Waals surface area contributed by atoms with E-state index in [1.165, 1.54) is 0 Å². The largest absolute Gasteiger partial charge is 0.309 e. The van der Waals surface area contributed by atoms with Gasteiger partial charge in [0.1, 0.15) is 0 Å². The number of carbonyl (C=O) groups excluding carboxylic acids is 1. The third-order valence-electron chi connectivity index (χ3n) is 4.48. The molecule has 0 N–H and O–H groups in total. The van der Waals surface area contributed by atoms with Crippen molar-refractivity contribution in [2.75, 3.05) is 24.5 Å². The van der Waals surface area contributed by atoms with Crippen molar-refractivity contribution in [3.05, 3.63) is 24.3 Å². The molecule has 2 aromatic rings. The fourth-order valence-electron chi connectivity index (χ4n) is 3.11. The Labute approximate surface area is 128 Å². The molecule has 0 aromatic carbocycles. The van der Waals surface area contributed by atoms with Crippen molar-refractivity contribution in [2.24, 2.45) is 7.05 Å². The summed E-state index contributed by atoms with van der Waals surface area (Å²) in [6.45, 7) is 3.59. The minimum absolute atomic E-state index is 0.207. The first-order valence-corrected chi connectivity index (χ1v) is 7.61. The van der Waals surface area contributed by atoms with Crippen LogP contribution in [-0.2, 0) is 18.4 Å². The van der Waals surface area contributed by atoms with Gasteiger partial charge in [-0.05, 0) is 6.42 Å². The van der Waals surface area contributed by atoms with Gasteiger partial charge >= 0.3 is 0 Å². The van der Waals surface area contributed by atoms with Crippen molar-refractivity contribution in [3.8, 4) is 0 Å². The van der Waals surface area contributed by atoms with Gasteiger partial charge in [-0.1, -0.05) is 5.21 Å². The average Bonchev–Trinajstić information content (AvgIpc) is 3.15. The van der Waals surface area contributed by atoms with Crippen LogP contribution in [0.4, 0.5) is 5.69 Å². The van der Waals surface area contributed by atoms with Gasteiger partial charge in [0.05, 0.1) is 29.8 Å². The van der Waals surface area contributed by atoms with Crippen molar-refractivity contribution < 1.29 is 4.79 Å². The second-order valence-electron chi connectivity index (χ2n) is 6.02. The molecule has 2 saturated heterocycles. The summed E-state index contributed by atoms with van der Waals surface area (Å²) in [6, 6.07) is 0.382. The van der Waals surface area contributed by atoms with Crippen LogP contribution in [-0.4, -0.2) is 55.2 Å². The average molecular weight is 301 g/mol. The molecule has 8 nitrogen and oxygen atoms in total. The maximum Gasteiger partial charge on any atom is 0.227 e. The first-order valence-electron chi connectivity index (χ1n) is 7.61. The maximum atomic E-state index is 11.8. The number of hydrogen-bond donors (Lipinski definition) is 0. The van der Waals surface area contributed by atoms with E-state index in [9.17, 15) is 4.79 Å². The van der Waals surface area contributed by atoms with Gasteiger partial charge in [0, 0.05) is 45.8 Å². The lowest BCUT2D eigenvalue weighted by atomic mass is 10.1. The lowest BCUT2D eigenvalue weighted by molar-refractivity contribution is -0.117. The number of likely N-dealkylation sites (tertiary alicyclic amines) is 1. The zero-order valence-electron chi connectivity index (χ0n) is 12.6. The molecule has 8 heteroatoms. The number of amides is 1. The van der Waals surface area contributed by atoms with Crippen molar-refractivity contribution in [1.82, 2.24) is 29.7 Å². The quantitative estimate of drug-likeness (QED) is 0.806. The zero-order chi connectivity index (χ0) is 15.1. The summed E-state index contributed by atoms with van der Waals surface area (Å²) in [5, 5.41) is 12.3. The Kier molecular flexibility index (Phi) is 3.18. The number of rotatable bonds is 4. The number of hydrogen-bond acceptors (Lipinski definition) is 5. The van der Waals surface area contributed by atoms with E-state index < -0.39 is 0 Å². The van der Waals surface area contributed by atoms with Crippen molar-refractivity contribution in [2.45, 2.75) is 25.4 Å². The Hall–Kier alpha value is -2.22. The predicted octanol–water partition coefficient (Wildman–Crippen LogP) is 0.195. The van der Waals surface area contributed by atoms with E-state index >= 15 is 0 Å². The fraction of sp³-hybridized carbons (Fsp3) is 0.571. The van der Waals surface area contributed by atoms with Crippen molar-refractivity contribution >= 4 is 11.6 Å². The Morgan fingerprint density at radius 2 is 2.18 bits per heavy atom. The molecule has 2 aromatic heterocycles. The van der Waals surface area contributed by atoms with Crippen LogP contribution in [0.2, 0.25) is 0 Å². The number of carbonyl (C=O) groups is 1. The molecule has 2 aliphatic heterocycles. The highest BCUT2D eigenvalue weighted by Crippen LogP contribution is 2.26. The second-order valence-corrected chi connectivity index (χ2v) is 6.02. The molecule has 0 bridgehead atoms. The lowest BCUT2D eigenvalue weighted by Gasteiger charge is -2.38. The third kappa shape index (κ3) is 2.29. The van der Waals surface area contributed by atoms with E-state index in [2.05, 4.69) is 20.3 Å². The molecule has 1 amide bonds. The van der Waals surface area contributed by atoms with Gasteiger partial charge in [-0.25, -0.2) is 0 Å². The van der Waals surface area contributed by atoms with Crippen LogP contribution in [0.1, 0.15) is 24.6 Å². The monoisotopic (exact) mass is 301 g/mol. The Bertz CT molecular complexity index is 685. The molecule has 22 heavy (non-hydrogen) atoms. The van der Waals surface area contributed by atoms with E-state index in [1.54, 1.807) is 17.1 Å². The van der Waals surface area contributed by atoms with Crippen molar-refractivity contribution in [1.29, 1.82) is 0 Å².